The van der Waals surface area contributed by atoms with Crippen LogP contribution in [0.5, 0.6) is 0 Å². The van der Waals surface area contributed by atoms with E-state index in [2.05, 4.69) is 4.90 Å². The van der Waals surface area contributed by atoms with Crippen molar-refractivity contribution in [2.24, 2.45) is 5.92 Å². The summed E-state index contributed by atoms with van der Waals surface area (Å²) in [6.45, 7) is 3.31. The standard InChI is InChI=1S/C12H23ClN2O2S/c1-18(16,17)15-7-2-3-11(10-15)9-14(8-6-13)12-4-5-12/h11-12H,2-10H2,1H3. The number of halogens is 1. The fourth-order valence-electron chi connectivity index (χ4n) is 2.78. The molecule has 1 aliphatic carbocycles. The molecule has 106 valence electrons. The van der Waals surface area contributed by atoms with E-state index in [1.807, 2.05) is 0 Å². The fraction of sp³-hybridized carbons (Fsp3) is 1.00. The molecule has 0 amide bonds. The Bertz CT molecular complexity index is 370. The predicted octanol–water partition coefficient (Wildman–Crippen LogP) is 1.36. The van der Waals surface area contributed by atoms with Crippen LogP contribution in [-0.2, 0) is 10.0 Å². The Balaban J connectivity index is 1.88. The molecule has 0 radical (unpaired) electrons. The van der Waals surface area contributed by atoms with Crippen molar-refractivity contribution in [2.75, 3.05) is 38.3 Å². The highest BCUT2D eigenvalue weighted by molar-refractivity contribution is 7.88. The number of sulfonamides is 1. The SMILES string of the molecule is CS(=O)(=O)N1CCCC(CN(CCCl)C2CC2)C1. The van der Waals surface area contributed by atoms with Crippen LogP contribution < -0.4 is 0 Å². The lowest BCUT2D eigenvalue weighted by Gasteiger charge is -2.34. The third-order valence-electron chi connectivity index (χ3n) is 3.88. The Morgan fingerprint density at radius 2 is 2.06 bits per heavy atom. The van der Waals surface area contributed by atoms with E-state index in [4.69, 9.17) is 11.6 Å². The van der Waals surface area contributed by atoms with Gasteiger partial charge in [0, 0.05) is 38.1 Å². The molecule has 1 saturated carbocycles. The molecule has 1 heterocycles. The minimum Gasteiger partial charge on any atom is -0.299 e. The number of nitrogens with zero attached hydrogens (tertiary/aromatic N) is 2. The Kier molecular flexibility index (Phi) is 4.92. The summed E-state index contributed by atoms with van der Waals surface area (Å²) in [5, 5.41) is 0. The molecule has 0 aromatic rings. The summed E-state index contributed by atoms with van der Waals surface area (Å²) in [5.41, 5.74) is 0. The average molecular weight is 295 g/mol. The maximum absolute atomic E-state index is 11.6. The first kappa shape index (κ1) is 14.6. The number of hydrogen-bond donors (Lipinski definition) is 0. The number of piperidine rings is 1. The molecule has 1 atom stereocenters. The second-order valence-electron chi connectivity index (χ2n) is 5.54. The van der Waals surface area contributed by atoms with Crippen molar-refractivity contribution in [1.82, 2.24) is 9.21 Å². The van der Waals surface area contributed by atoms with E-state index in [0.29, 0.717) is 30.9 Å². The Hall–Kier alpha value is 0.160. The molecule has 2 rings (SSSR count). The Morgan fingerprint density at radius 1 is 1.33 bits per heavy atom. The van der Waals surface area contributed by atoms with Crippen LogP contribution in [0.15, 0.2) is 0 Å². The summed E-state index contributed by atoms with van der Waals surface area (Å²) in [4.78, 5) is 2.45. The van der Waals surface area contributed by atoms with Crippen molar-refractivity contribution < 1.29 is 8.42 Å². The molecule has 1 unspecified atom stereocenters. The van der Waals surface area contributed by atoms with Gasteiger partial charge in [0.15, 0.2) is 0 Å². The summed E-state index contributed by atoms with van der Waals surface area (Å²) in [6.07, 6.45) is 5.99. The summed E-state index contributed by atoms with van der Waals surface area (Å²) in [6, 6.07) is 0.706. The van der Waals surface area contributed by atoms with Crippen molar-refractivity contribution in [3.05, 3.63) is 0 Å². The van der Waals surface area contributed by atoms with E-state index in [0.717, 1.165) is 25.9 Å². The maximum atomic E-state index is 11.6. The van der Waals surface area contributed by atoms with Crippen LogP contribution in [0.25, 0.3) is 0 Å². The largest absolute Gasteiger partial charge is 0.299 e. The first-order valence-corrected chi connectivity index (χ1v) is 9.14. The number of rotatable bonds is 6. The summed E-state index contributed by atoms with van der Waals surface area (Å²) in [5.74, 6) is 1.14. The lowest BCUT2D eigenvalue weighted by molar-refractivity contribution is 0.178. The number of alkyl halides is 1. The molecular weight excluding hydrogens is 272 g/mol. The third-order valence-corrected chi connectivity index (χ3v) is 5.32. The Morgan fingerprint density at radius 3 is 2.61 bits per heavy atom. The lowest BCUT2D eigenvalue weighted by Crippen LogP contribution is -2.44. The summed E-state index contributed by atoms with van der Waals surface area (Å²) >= 11 is 5.84. The molecule has 0 aromatic carbocycles. The molecule has 2 fully saturated rings. The van der Waals surface area contributed by atoms with Crippen LogP contribution in [0.1, 0.15) is 25.7 Å². The minimum absolute atomic E-state index is 0.470. The molecule has 0 spiro atoms. The second-order valence-corrected chi connectivity index (χ2v) is 7.90. The van der Waals surface area contributed by atoms with Crippen molar-refractivity contribution in [2.45, 2.75) is 31.7 Å². The van der Waals surface area contributed by atoms with E-state index < -0.39 is 10.0 Å². The normalized spacial score (nSPS) is 26.7. The second kappa shape index (κ2) is 6.07. The minimum atomic E-state index is -3.02. The third kappa shape index (κ3) is 4.08. The zero-order valence-corrected chi connectivity index (χ0v) is 12.6. The quantitative estimate of drug-likeness (QED) is 0.695. The molecular formula is C12H23ClN2O2S. The monoisotopic (exact) mass is 294 g/mol. The van der Waals surface area contributed by atoms with E-state index in [9.17, 15) is 8.42 Å². The van der Waals surface area contributed by atoms with Gasteiger partial charge in [-0.05, 0) is 31.6 Å². The Labute approximate surface area is 115 Å². The number of hydrogen-bond acceptors (Lipinski definition) is 3. The van der Waals surface area contributed by atoms with Gasteiger partial charge in [0.2, 0.25) is 10.0 Å². The van der Waals surface area contributed by atoms with Crippen LogP contribution in [0.3, 0.4) is 0 Å². The molecule has 4 nitrogen and oxygen atoms in total. The maximum Gasteiger partial charge on any atom is 0.211 e. The van der Waals surface area contributed by atoms with Crippen molar-refractivity contribution >= 4 is 21.6 Å². The van der Waals surface area contributed by atoms with Gasteiger partial charge in [-0.2, -0.15) is 0 Å². The first-order valence-electron chi connectivity index (χ1n) is 6.76. The molecule has 0 N–H and O–H groups in total. The first-order chi connectivity index (χ1) is 8.50. The molecule has 1 saturated heterocycles. The highest BCUT2D eigenvalue weighted by atomic mass is 35.5. The fourth-order valence-corrected chi connectivity index (χ4v) is 3.94. The van der Waals surface area contributed by atoms with Crippen LogP contribution in [0.4, 0.5) is 0 Å². The van der Waals surface area contributed by atoms with Crippen molar-refractivity contribution in [1.29, 1.82) is 0 Å². The van der Waals surface area contributed by atoms with E-state index in [1.54, 1.807) is 4.31 Å². The summed E-state index contributed by atoms with van der Waals surface area (Å²) in [7, 11) is -3.02. The zero-order valence-electron chi connectivity index (χ0n) is 11.0. The average Bonchev–Trinajstić information content (AvgIpc) is 3.11. The topological polar surface area (TPSA) is 40.6 Å². The summed E-state index contributed by atoms with van der Waals surface area (Å²) < 4.78 is 24.8. The molecule has 6 heteroatoms. The molecule has 18 heavy (non-hydrogen) atoms. The van der Waals surface area contributed by atoms with Gasteiger partial charge in [0.25, 0.3) is 0 Å². The van der Waals surface area contributed by atoms with Crippen LogP contribution in [0, 0.1) is 5.92 Å². The molecule has 2 aliphatic rings. The van der Waals surface area contributed by atoms with E-state index in [1.165, 1.54) is 19.1 Å². The lowest BCUT2D eigenvalue weighted by atomic mass is 9.99. The van der Waals surface area contributed by atoms with Gasteiger partial charge in [-0.15, -0.1) is 11.6 Å². The van der Waals surface area contributed by atoms with Gasteiger partial charge >= 0.3 is 0 Å². The van der Waals surface area contributed by atoms with Crippen LogP contribution in [0.2, 0.25) is 0 Å². The molecule has 0 bridgehead atoms. The molecule has 0 aromatic heterocycles. The predicted molar refractivity (Wildman–Crippen MR) is 74.5 cm³/mol. The van der Waals surface area contributed by atoms with Gasteiger partial charge in [0.1, 0.15) is 0 Å². The van der Waals surface area contributed by atoms with Crippen LogP contribution >= 0.6 is 11.6 Å². The van der Waals surface area contributed by atoms with Crippen molar-refractivity contribution in [3.8, 4) is 0 Å². The van der Waals surface area contributed by atoms with Crippen LogP contribution in [-0.4, -0.2) is 62.0 Å². The zero-order chi connectivity index (χ0) is 13.2. The van der Waals surface area contributed by atoms with E-state index >= 15 is 0 Å². The van der Waals surface area contributed by atoms with Gasteiger partial charge in [-0.25, -0.2) is 12.7 Å². The van der Waals surface area contributed by atoms with E-state index in [-0.39, 0.29) is 0 Å². The van der Waals surface area contributed by atoms with Crippen molar-refractivity contribution in [3.63, 3.8) is 0 Å². The smallest absolute Gasteiger partial charge is 0.211 e. The highest BCUT2D eigenvalue weighted by Gasteiger charge is 2.32. The molecule has 1 aliphatic heterocycles. The highest BCUT2D eigenvalue weighted by Crippen LogP contribution is 2.29. The van der Waals surface area contributed by atoms with Gasteiger partial charge in [-0.3, -0.25) is 4.90 Å². The van der Waals surface area contributed by atoms with Gasteiger partial charge in [-0.1, -0.05) is 0 Å². The van der Waals surface area contributed by atoms with Gasteiger partial charge < -0.3 is 0 Å². The van der Waals surface area contributed by atoms with Gasteiger partial charge in [0.05, 0.1) is 6.26 Å².